The van der Waals surface area contributed by atoms with Crippen molar-refractivity contribution in [2.45, 2.75) is 24.6 Å². The molecule has 2 heterocycles. The van der Waals surface area contributed by atoms with Crippen LogP contribution < -0.4 is 5.32 Å². The van der Waals surface area contributed by atoms with Crippen LogP contribution in [0.2, 0.25) is 0 Å². The van der Waals surface area contributed by atoms with Crippen molar-refractivity contribution in [2.75, 3.05) is 25.3 Å². The molecule has 3 atom stereocenters. The Labute approximate surface area is 104 Å². The molecule has 7 heteroatoms. The van der Waals surface area contributed by atoms with E-state index in [1.54, 1.807) is 18.9 Å². The maximum atomic E-state index is 12.2. The molecule has 0 radical (unpaired) electrons. The minimum atomic E-state index is -0.955. The highest BCUT2D eigenvalue weighted by Crippen LogP contribution is 2.23. The van der Waals surface area contributed by atoms with Crippen molar-refractivity contribution in [1.29, 1.82) is 0 Å². The molecule has 2 N–H and O–H groups in total. The molecular formula is C10H16N2O4S. The number of amides is 1. The summed E-state index contributed by atoms with van der Waals surface area (Å²) in [6.07, 6.45) is 0.200. The third kappa shape index (κ3) is 2.56. The van der Waals surface area contributed by atoms with E-state index in [0.29, 0.717) is 18.7 Å². The highest BCUT2D eigenvalue weighted by Gasteiger charge is 2.42. The predicted octanol–water partition coefficient (Wildman–Crippen LogP) is -0.651. The molecule has 3 unspecified atom stereocenters. The standard InChI is InChI=1S/C10H16N2O4S/c1-16-6-2-8(10(14)15)12(3-6)9(13)7-4-17-5-11-7/h6-8,11H,2-5H2,1H3,(H,14,15). The van der Waals surface area contributed by atoms with Gasteiger partial charge in [-0.1, -0.05) is 0 Å². The summed E-state index contributed by atoms with van der Waals surface area (Å²) < 4.78 is 5.15. The number of aliphatic carboxylic acids is 1. The summed E-state index contributed by atoms with van der Waals surface area (Å²) in [6, 6.07) is -1.00. The average Bonchev–Trinajstić information content (AvgIpc) is 2.97. The summed E-state index contributed by atoms with van der Waals surface area (Å²) in [5.41, 5.74) is 0. The highest BCUT2D eigenvalue weighted by atomic mass is 32.2. The fourth-order valence-electron chi connectivity index (χ4n) is 2.20. The van der Waals surface area contributed by atoms with Crippen LogP contribution in [0.4, 0.5) is 0 Å². The number of carboxylic acids is 1. The zero-order valence-corrected chi connectivity index (χ0v) is 10.4. The first-order chi connectivity index (χ1) is 8.13. The van der Waals surface area contributed by atoms with Gasteiger partial charge in [-0.15, -0.1) is 11.8 Å². The minimum absolute atomic E-state index is 0.123. The summed E-state index contributed by atoms with van der Waals surface area (Å²) in [5.74, 6) is 0.375. The molecule has 0 aromatic heterocycles. The van der Waals surface area contributed by atoms with E-state index in [1.165, 1.54) is 4.90 Å². The molecule has 96 valence electrons. The number of hydrogen-bond acceptors (Lipinski definition) is 5. The molecule has 0 bridgehead atoms. The first kappa shape index (κ1) is 12.7. The first-order valence-corrected chi connectivity index (χ1v) is 6.66. The molecule has 2 rings (SSSR count). The molecule has 0 aliphatic carbocycles. The van der Waals surface area contributed by atoms with Crippen LogP contribution in [0.5, 0.6) is 0 Å². The number of carboxylic acid groups (broad SMARTS) is 1. The van der Waals surface area contributed by atoms with Crippen LogP contribution in [-0.2, 0) is 14.3 Å². The van der Waals surface area contributed by atoms with Gasteiger partial charge in [0, 0.05) is 31.7 Å². The summed E-state index contributed by atoms with van der Waals surface area (Å²) in [5, 5.41) is 12.2. The van der Waals surface area contributed by atoms with Gasteiger partial charge in [-0.2, -0.15) is 0 Å². The predicted molar refractivity (Wildman–Crippen MR) is 62.8 cm³/mol. The van der Waals surface area contributed by atoms with Gasteiger partial charge in [0.05, 0.1) is 12.1 Å². The van der Waals surface area contributed by atoms with Crippen LogP contribution in [0.1, 0.15) is 6.42 Å². The van der Waals surface area contributed by atoms with Crippen LogP contribution in [-0.4, -0.2) is 65.4 Å². The number of carbonyl (C=O) groups is 2. The third-order valence-corrected chi connectivity index (χ3v) is 4.12. The quantitative estimate of drug-likeness (QED) is 0.702. The molecule has 2 saturated heterocycles. The van der Waals surface area contributed by atoms with Gasteiger partial charge in [-0.25, -0.2) is 4.79 Å². The second kappa shape index (κ2) is 5.24. The molecular weight excluding hydrogens is 244 g/mol. The maximum Gasteiger partial charge on any atom is 0.326 e. The van der Waals surface area contributed by atoms with E-state index in [2.05, 4.69) is 5.32 Å². The van der Waals surface area contributed by atoms with Crippen molar-refractivity contribution >= 4 is 23.6 Å². The lowest BCUT2D eigenvalue weighted by Crippen LogP contribution is -2.49. The van der Waals surface area contributed by atoms with Crippen LogP contribution in [0.3, 0.4) is 0 Å². The fourth-order valence-corrected chi connectivity index (χ4v) is 3.13. The normalized spacial score (nSPS) is 33.0. The minimum Gasteiger partial charge on any atom is -0.480 e. The monoisotopic (exact) mass is 260 g/mol. The van der Waals surface area contributed by atoms with E-state index in [0.717, 1.165) is 5.88 Å². The second-order valence-electron chi connectivity index (χ2n) is 4.21. The number of rotatable bonds is 3. The second-order valence-corrected chi connectivity index (χ2v) is 5.24. The molecule has 2 aliphatic rings. The smallest absolute Gasteiger partial charge is 0.326 e. The fraction of sp³-hybridized carbons (Fsp3) is 0.800. The Bertz CT molecular complexity index is 319. The van der Waals surface area contributed by atoms with Crippen molar-refractivity contribution in [3.05, 3.63) is 0 Å². The van der Waals surface area contributed by atoms with Crippen molar-refractivity contribution in [2.24, 2.45) is 0 Å². The molecule has 0 saturated carbocycles. The molecule has 2 fully saturated rings. The van der Waals surface area contributed by atoms with Gasteiger partial charge >= 0.3 is 5.97 Å². The van der Waals surface area contributed by atoms with E-state index < -0.39 is 12.0 Å². The number of ether oxygens (including phenoxy) is 1. The van der Waals surface area contributed by atoms with Gasteiger partial charge in [0.2, 0.25) is 5.91 Å². The summed E-state index contributed by atoms with van der Waals surface area (Å²) in [4.78, 5) is 24.7. The van der Waals surface area contributed by atoms with Crippen LogP contribution in [0, 0.1) is 0 Å². The Morgan fingerprint density at radius 3 is 2.82 bits per heavy atom. The molecule has 6 nitrogen and oxygen atoms in total. The van der Waals surface area contributed by atoms with Gasteiger partial charge in [-0.05, 0) is 0 Å². The largest absolute Gasteiger partial charge is 0.480 e. The highest BCUT2D eigenvalue weighted by molar-refractivity contribution is 7.99. The van der Waals surface area contributed by atoms with E-state index in [4.69, 9.17) is 9.84 Å². The van der Waals surface area contributed by atoms with E-state index >= 15 is 0 Å². The number of likely N-dealkylation sites (tertiary alicyclic amines) is 1. The van der Waals surface area contributed by atoms with Crippen molar-refractivity contribution < 1.29 is 19.4 Å². The molecule has 0 spiro atoms. The van der Waals surface area contributed by atoms with Gasteiger partial charge in [-0.3, -0.25) is 10.1 Å². The molecule has 17 heavy (non-hydrogen) atoms. The molecule has 0 aromatic carbocycles. The van der Waals surface area contributed by atoms with Gasteiger partial charge in [0.15, 0.2) is 0 Å². The Kier molecular flexibility index (Phi) is 3.90. The van der Waals surface area contributed by atoms with Crippen LogP contribution in [0.15, 0.2) is 0 Å². The first-order valence-electron chi connectivity index (χ1n) is 5.50. The molecule has 1 amide bonds. The number of carbonyl (C=O) groups excluding carboxylic acids is 1. The van der Waals surface area contributed by atoms with Crippen LogP contribution in [0.25, 0.3) is 0 Å². The van der Waals surface area contributed by atoms with Gasteiger partial charge in [0.25, 0.3) is 0 Å². The number of hydrogen-bond donors (Lipinski definition) is 2. The van der Waals surface area contributed by atoms with E-state index in [9.17, 15) is 9.59 Å². The molecule has 2 aliphatic heterocycles. The van der Waals surface area contributed by atoms with Crippen molar-refractivity contribution in [3.63, 3.8) is 0 Å². The maximum absolute atomic E-state index is 12.2. The Morgan fingerprint density at radius 2 is 2.29 bits per heavy atom. The Hall–Kier alpha value is -0.790. The summed E-state index contributed by atoms with van der Waals surface area (Å²) in [7, 11) is 1.54. The lowest BCUT2D eigenvalue weighted by atomic mass is 10.2. The number of thioether (sulfide) groups is 1. The van der Waals surface area contributed by atoms with Gasteiger partial charge < -0.3 is 14.7 Å². The number of nitrogens with one attached hydrogen (secondary N) is 1. The van der Waals surface area contributed by atoms with Crippen molar-refractivity contribution in [1.82, 2.24) is 10.2 Å². The summed E-state index contributed by atoms with van der Waals surface area (Å²) >= 11 is 1.65. The van der Waals surface area contributed by atoms with Crippen molar-refractivity contribution in [3.8, 4) is 0 Å². The zero-order chi connectivity index (χ0) is 12.4. The van der Waals surface area contributed by atoms with Crippen LogP contribution >= 0.6 is 11.8 Å². The number of methoxy groups -OCH3 is 1. The Balaban J connectivity index is 2.06. The van der Waals surface area contributed by atoms with E-state index in [1.807, 2.05) is 0 Å². The van der Waals surface area contributed by atoms with Gasteiger partial charge in [0.1, 0.15) is 6.04 Å². The third-order valence-electron chi connectivity index (χ3n) is 3.18. The zero-order valence-electron chi connectivity index (χ0n) is 9.59. The molecule has 0 aromatic rings. The lowest BCUT2D eigenvalue weighted by Gasteiger charge is -2.24. The Morgan fingerprint density at radius 1 is 1.53 bits per heavy atom. The SMILES string of the molecule is COC1CC(C(=O)O)N(C(=O)C2CSCN2)C1. The number of nitrogens with zero attached hydrogens (tertiary/aromatic N) is 1. The summed E-state index contributed by atoms with van der Waals surface area (Å²) in [6.45, 7) is 0.370. The topological polar surface area (TPSA) is 78.9 Å². The average molecular weight is 260 g/mol. The lowest BCUT2D eigenvalue weighted by molar-refractivity contribution is -0.148. The van der Waals surface area contributed by atoms with E-state index in [-0.39, 0.29) is 18.1 Å².